The molecular formula is C23H25FN2O4S. The van der Waals surface area contributed by atoms with Gasteiger partial charge in [-0.1, -0.05) is 30.3 Å². The number of para-hydroxylation sites is 1. The van der Waals surface area contributed by atoms with Crippen molar-refractivity contribution in [3.8, 4) is 0 Å². The highest BCUT2D eigenvalue weighted by Crippen LogP contribution is 2.28. The predicted octanol–water partition coefficient (Wildman–Crippen LogP) is 3.51. The van der Waals surface area contributed by atoms with Crippen LogP contribution in [-0.4, -0.2) is 44.6 Å². The van der Waals surface area contributed by atoms with Crippen molar-refractivity contribution in [2.45, 2.75) is 31.2 Å². The average Bonchev–Trinajstić information content (AvgIpc) is 3.08. The molecule has 0 saturated carbocycles. The first kappa shape index (κ1) is 21.5. The molecule has 4 rings (SSSR count). The second-order valence-corrected chi connectivity index (χ2v) is 10.3. The lowest BCUT2D eigenvalue weighted by molar-refractivity contribution is 0.0882. The number of hydrogen-bond acceptors (Lipinski definition) is 5. The topological polar surface area (TPSA) is 79.6 Å². The number of benzene rings is 2. The van der Waals surface area contributed by atoms with E-state index in [4.69, 9.17) is 4.42 Å². The van der Waals surface area contributed by atoms with E-state index < -0.39 is 9.84 Å². The molecule has 1 saturated heterocycles. The SMILES string of the molecule is CS(=O)(=O)Cc1c(C(=O)NC2CCN(Cc3ccc(F)cc3)CC2)oc2ccccc12. The van der Waals surface area contributed by atoms with Gasteiger partial charge in [-0.15, -0.1) is 0 Å². The largest absolute Gasteiger partial charge is 0.451 e. The Balaban J connectivity index is 1.41. The molecule has 0 radical (unpaired) electrons. The maximum atomic E-state index is 13.1. The van der Waals surface area contributed by atoms with Crippen molar-refractivity contribution >= 4 is 26.7 Å². The lowest BCUT2D eigenvalue weighted by Crippen LogP contribution is -2.44. The molecule has 2 aromatic carbocycles. The van der Waals surface area contributed by atoms with E-state index in [-0.39, 0.29) is 29.3 Å². The Morgan fingerprint density at radius 3 is 2.48 bits per heavy atom. The van der Waals surface area contributed by atoms with Gasteiger partial charge in [-0.2, -0.15) is 0 Å². The van der Waals surface area contributed by atoms with Crippen molar-refractivity contribution in [2.75, 3.05) is 19.3 Å². The molecule has 2 heterocycles. The van der Waals surface area contributed by atoms with Crippen LogP contribution in [0.2, 0.25) is 0 Å². The molecule has 1 N–H and O–H groups in total. The zero-order valence-corrected chi connectivity index (χ0v) is 18.1. The molecule has 6 nitrogen and oxygen atoms in total. The number of carbonyl (C=O) groups is 1. The monoisotopic (exact) mass is 444 g/mol. The summed E-state index contributed by atoms with van der Waals surface area (Å²) in [5.74, 6) is -0.804. The Morgan fingerprint density at radius 1 is 1.13 bits per heavy atom. The zero-order valence-electron chi connectivity index (χ0n) is 17.3. The normalized spacial score (nSPS) is 15.9. The fourth-order valence-electron chi connectivity index (χ4n) is 4.02. The summed E-state index contributed by atoms with van der Waals surface area (Å²) in [6.07, 6.45) is 2.69. The molecular weight excluding hydrogens is 419 g/mol. The molecule has 0 unspecified atom stereocenters. The smallest absolute Gasteiger partial charge is 0.287 e. The molecule has 31 heavy (non-hydrogen) atoms. The summed E-state index contributed by atoms with van der Waals surface area (Å²) >= 11 is 0. The number of carbonyl (C=O) groups excluding carboxylic acids is 1. The van der Waals surface area contributed by atoms with Gasteiger partial charge in [0.1, 0.15) is 11.4 Å². The summed E-state index contributed by atoms with van der Waals surface area (Å²) in [7, 11) is -3.34. The number of hydrogen-bond donors (Lipinski definition) is 1. The number of amides is 1. The maximum Gasteiger partial charge on any atom is 0.287 e. The van der Waals surface area contributed by atoms with Gasteiger partial charge in [0.25, 0.3) is 5.91 Å². The second-order valence-electron chi connectivity index (χ2n) is 8.13. The second kappa shape index (κ2) is 8.80. The lowest BCUT2D eigenvalue weighted by Gasteiger charge is -2.32. The van der Waals surface area contributed by atoms with Crippen LogP contribution < -0.4 is 5.32 Å². The quantitative estimate of drug-likeness (QED) is 0.629. The van der Waals surface area contributed by atoms with Crippen LogP contribution in [0.3, 0.4) is 0 Å². The van der Waals surface area contributed by atoms with E-state index in [0.29, 0.717) is 16.5 Å². The van der Waals surface area contributed by atoms with Gasteiger partial charge in [0.2, 0.25) is 0 Å². The van der Waals surface area contributed by atoms with Gasteiger partial charge in [-0.25, -0.2) is 12.8 Å². The van der Waals surface area contributed by atoms with Crippen molar-refractivity contribution in [2.24, 2.45) is 0 Å². The van der Waals surface area contributed by atoms with Crippen LogP contribution in [0, 0.1) is 5.82 Å². The van der Waals surface area contributed by atoms with Crippen LogP contribution in [0.4, 0.5) is 4.39 Å². The number of rotatable bonds is 6. The van der Waals surface area contributed by atoms with Crippen LogP contribution in [0.5, 0.6) is 0 Å². The third kappa shape index (κ3) is 5.32. The lowest BCUT2D eigenvalue weighted by atomic mass is 10.0. The van der Waals surface area contributed by atoms with Crippen LogP contribution in [-0.2, 0) is 22.1 Å². The number of sulfone groups is 1. The standard InChI is InChI=1S/C23H25FN2O4S/c1-31(28,29)15-20-19-4-2-3-5-21(19)30-22(20)23(27)25-18-10-12-26(13-11-18)14-16-6-8-17(24)9-7-16/h2-9,18H,10-15H2,1H3,(H,25,27). The first-order chi connectivity index (χ1) is 14.8. The minimum Gasteiger partial charge on any atom is -0.451 e. The van der Waals surface area contributed by atoms with Crippen molar-refractivity contribution < 1.29 is 22.0 Å². The molecule has 0 bridgehead atoms. The Bertz CT molecular complexity index is 1180. The minimum absolute atomic E-state index is 0.0173. The summed E-state index contributed by atoms with van der Waals surface area (Å²) in [5.41, 5.74) is 1.96. The first-order valence-electron chi connectivity index (χ1n) is 10.2. The van der Waals surface area contributed by atoms with Gasteiger partial charge in [-0.05, 0) is 36.6 Å². The van der Waals surface area contributed by atoms with Gasteiger partial charge in [0.15, 0.2) is 15.6 Å². The van der Waals surface area contributed by atoms with Crippen LogP contribution in [0.1, 0.15) is 34.5 Å². The van der Waals surface area contributed by atoms with E-state index in [0.717, 1.165) is 44.3 Å². The Kier molecular flexibility index (Phi) is 6.11. The summed E-state index contributed by atoms with van der Waals surface area (Å²) in [5, 5.41) is 3.66. The van der Waals surface area contributed by atoms with Gasteiger partial charge in [0.05, 0.1) is 5.75 Å². The number of nitrogens with zero attached hydrogens (tertiary/aromatic N) is 1. The van der Waals surface area contributed by atoms with E-state index in [2.05, 4.69) is 10.2 Å². The Hall–Kier alpha value is -2.71. The molecule has 0 spiro atoms. The summed E-state index contributed by atoms with van der Waals surface area (Å²) in [4.78, 5) is 15.2. The van der Waals surface area contributed by atoms with Crippen LogP contribution in [0.25, 0.3) is 11.0 Å². The van der Waals surface area contributed by atoms with Crippen LogP contribution >= 0.6 is 0 Å². The molecule has 0 aliphatic carbocycles. The molecule has 8 heteroatoms. The van der Waals surface area contributed by atoms with Gasteiger partial charge < -0.3 is 9.73 Å². The highest BCUT2D eigenvalue weighted by Gasteiger charge is 2.26. The third-order valence-corrected chi connectivity index (χ3v) is 6.37. The Labute approximate surface area is 181 Å². The van der Waals surface area contributed by atoms with E-state index in [9.17, 15) is 17.6 Å². The molecule has 3 aromatic rings. The predicted molar refractivity (Wildman–Crippen MR) is 117 cm³/mol. The minimum atomic E-state index is -3.34. The third-order valence-electron chi connectivity index (χ3n) is 5.55. The maximum absolute atomic E-state index is 13.1. The van der Waals surface area contributed by atoms with Gasteiger partial charge in [-0.3, -0.25) is 9.69 Å². The number of fused-ring (bicyclic) bond motifs is 1. The highest BCUT2D eigenvalue weighted by molar-refractivity contribution is 7.89. The molecule has 1 amide bonds. The molecule has 1 fully saturated rings. The summed E-state index contributed by atoms with van der Waals surface area (Å²) < 4.78 is 42.6. The summed E-state index contributed by atoms with van der Waals surface area (Å²) in [6.45, 7) is 2.35. The van der Waals surface area contributed by atoms with Crippen molar-refractivity contribution in [1.29, 1.82) is 0 Å². The highest BCUT2D eigenvalue weighted by atomic mass is 32.2. The van der Waals surface area contributed by atoms with Crippen molar-refractivity contribution in [3.05, 3.63) is 71.2 Å². The molecule has 1 aliphatic heterocycles. The Morgan fingerprint density at radius 2 is 1.81 bits per heavy atom. The van der Waals surface area contributed by atoms with Gasteiger partial charge in [0, 0.05) is 42.9 Å². The van der Waals surface area contributed by atoms with Crippen molar-refractivity contribution in [1.82, 2.24) is 10.2 Å². The van der Waals surface area contributed by atoms with Crippen molar-refractivity contribution in [3.63, 3.8) is 0 Å². The number of furan rings is 1. The molecule has 164 valence electrons. The summed E-state index contributed by atoms with van der Waals surface area (Å²) in [6, 6.07) is 13.6. The van der Waals surface area contributed by atoms with E-state index in [1.807, 2.05) is 0 Å². The van der Waals surface area contributed by atoms with E-state index in [1.54, 1.807) is 36.4 Å². The molecule has 1 aromatic heterocycles. The number of piperidine rings is 1. The number of halogens is 1. The zero-order chi connectivity index (χ0) is 22.0. The molecule has 1 aliphatic rings. The fourth-order valence-corrected chi connectivity index (χ4v) is 4.83. The molecule has 0 atom stereocenters. The van der Waals surface area contributed by atoms with Crippen LogP contribution in [0.15, 0.2) is 52.9 Å². The number of nitrogens with one attached hydrogen (secondary N) is 1. The average molecular weight is 445 g/mol. The fraction of sp³-hybridized carbons (Fsp3) is 0.348. The van der Waals surface area contributed by atoms with E-state index >= 15 is 0 Å². The van der Waals surface area contributed by atoms with E-state index in [1.165, 1.54) is 12.1 Å². The first-order valence-corrected chi connectivity index (χ1v) is 12.3. The van der Waals surface area contributed by atoms with Gasteiger partial charge >= 0.3 is 0 Å². The number of likely N-dealkylation sites (tertiary alicyclic amines) is 1.